The molecule has 2 fully saturated rings. The van der Waals surface area contributed by atoms with Crippen LogP contribution >= 0.6 is 0 Å². The predicted molar refractivity (Wildman–Crippen MR) is 112 cm³/mol. The normalized spacial score (nSPS) is 22.8. The highest BCUT2D eigenvalue weighted by molar-refractivity contribution is 5.95. The number of halogens is 2. The molecule has 2 bridgehead atoms. The smallest absolute Gasteiger partial charge is 0.280 e. The van der Waals surface area contributed by atoms with Crippen LogP contribution in [0.3, 0.4) is 0 Å². The number of para-hydroxylation sites is 1. The Morgan fingerprint density at radius 2 is 1.88 bits per heavy atom. The standard InChI is InChI=1S/C23H20F2N6O/c24-21(25)18-11-20(31-23(29-18)26-12-27-31)15-8-6-14-7-10-19(15)30(14)22(32)17-9-5-13-3-1-2-4-16(13)28-17/h1-5,9,11-12,14-15,19,21H,6-8,10H2/t14-,15-,19-/m0/s1. The lowest BCUT2D eigenvalue weighted by Crippen LogP contribution is -2.48. The van der Waals surface area contributed by atoms with Crippen LogP contribution in [0, 0.1) is 0 Å². The zero-order chi connectivity index (χ0) is 21.8. The van der Waals surface area contributed by atoms with Gasteiger partial charge in [-0.2, -0.15) is 10.1 Å². The second-order valence-electron chi connectivity index (χ2n) is 8.46. The maximum Gasteiger partial charge on any atom is 0.280 e. The number of rotatable bonds is 3. The Bertz CT molecular complexity index is 1340. The van der Waals surface area contributed by atoms with Crippen molar-refractivity contribution in [3.63, 3.8) is 0 Å². The van der Waals surface area contributed by atoms with Gasteiger partial charge in [0.15, 0.2) is 0 Å². The second kappa shape index (κ2) is 7.29. The van der Waals surface area contributed by atoms with Crippen LogP contribution in [0.5, 0.6) is 0 Å². The summed E-state index contributed by atoms with van der Waals surface area (Å²) in [5, 5.41) is 5.20. The average Bonchev–Trinajstić information content (AvgIpc) is 3.40. The van der Waals surface area contributed by atoms with Crippen molar-refractivity contribution in [2.24, 2.45) is 0 Å². The van der Waals surface area contributed by atoms with Gasteiger partial charge in [-0.05, 0) is 43.9 Å². The zero-order valence-corrected chi connectivity index (χ0v) is 17.1. The molecule has 3 atom stereocenters. The topological polar surface area (TPSA) is 76.3 Å². The van der Waals surface area contributed by atoms with Gasteiger partial charge >= 0.3 is 0 Å². The van der Waals surface area contributed by atoms with Gasteiger partial charge in [-0.3, -0.25) is 4.79 Å². The van der Waals surface area contributed by atoms with Crippen LogP contribution in [0.4, 0.5) is 8.78 Å². The second-order valence-corrected chi connectivity index (χ2v) is 8.46. The minimum Gasteiger partial charge on any atom is -0.331 e. The Kier molecular flexibility index (Phi) is 4.38. The number of hydrogen-bond acceptors (Lipinski definition) is 5. The average molecular weight is 434 g/mol. The number of nitrogens with zero attached hydrogens (tertiary/aromatic N) is 6. The molecule has 7 nitrogen and oxygen atoms in total. The molecule has 2 aliphatic heterocycles. The molecule has 2 aliphatic rings. The first-order valence-corrected chi connectivity index (χ1v) is 10.8. The molecule has 0 N–H and O–H groups in total. The summed E-state index contributed by atoms with van der Waals surface area (Å²) in [4.78, 5) is 28.0. The van der Waals surface area contributed by atoms with Gasteiger partial charge in [-0.15, -0.1) is 0 Å². The molecule has 5 heterocycles. The highest BCUT2D eigenvalue weighted by atomic mass is 19.3. The molecule has 3 aromatic heterocycles. The van der Waals surface area contributed by atoms with Crippen LogP contribution < -0.4 is 0 Å². The molecule has 0 unspecified atom stereocenters. The lowest BCUT2D eigenvalue weighted by Gasteiger charge is -2.40. The first-order chi connectivity index (χ1) is 15.6. The summed E-state index contributed by atoms with van der Waals surface area (Å²) < 4.78 is 28.5. The maximum atomic E-state index is 13.6. The largest absolute Gasteiger partial charge is 0.331 e. The summed E-state index contributed by atoms with van der Waals surface area (Å²) in [6.45, 7) is 0. The number of amides is 1. The Hall–Kier alpha value is -3.49. The molecule has 0 aliphatic carbocycles. The van der Waals surface area contributed by atoms with E-state index in [1.165, 1.54) is 16.9 Å². The summed E-state index contributed by atoms with van der Waals surface area (Å²) in [6, 6.07) is 12.8. The van der Waals surface area contributed by atoms with Crippen molar-refractivity contribution < 1.29 is 13.6 Å². The lowest BCUT2D eigenvalue weighted by molar-refractivity contribution is 0.0548. The van der Waals surface area contributed by atoms with E-state index in [-0.39, 0.29) is 35.4 Å². The van der Waals surface area contributed by atoms with E-state index in [2.05, 4.69) is 20.1 Å². The van der Waals surface area contributed by atoms with Gasteiger partial charge in [0.25, 0.3) is 18.1 Å². The van der Waals surface area contributed by atoms with Crippen molar-refractivity contribution in [2.75, 3.05) is 0 Å². The third-order valence-corrected chi connectivity index (χ3v) is 6.78. The lowest BCUT2D eigenvalue weighted by atomic mass is 9.86. The number of fused-ring (bicyclic) bond motifs is 4. The van der Waals surface area contributed by atoms with E-state index in [1.54, 1.807) is 6.07 Å². The van der Waals surface area contributed by atoms with Crippen LogP contribution in [0.2, 0.25) is 0 Å². The Labute approximate surface area is 182 Å². The van der Waals surface area contributed by atoms with Crippen molar-refractivity contribution in [3.05, 3.63) is 65.9 Å². The zero-order valence-electron chi connectivity index (χ0n) is 17.1. The predicted octanol–water partition coefficient (Wildman–Crippen LogP) is 4.16. The number of carbonyl (C=O) groups excluding carboxylic acids is 1. The van der Waals surface area contributed by atoms with Gasteiger partial charge in [0.1, 0.15) is 17.7 Å². The number of piperidine rings is 1. The van der Waals surface area contributed by atoms with Crippen LogP contribution in [0.1, 0.15) is 59.9 Å². The maximum absolute atomic E-state index is 13.6. The van der Waals surface area contributed by atoms with E-state index in [0.29, 0.717) is 11.4 Å². The monoisotopic (exact) mass is 434 g/mol. The molecule has 0 saturated carbocycles. The first kappa shape index (κ1) is 19.2. The molecular weight excluding hydrogens is 414 g/mol. The third-order valence-electron chi connectivity index (χ3n) is 6.78. The van der Waals surface area contributed by atoms with Crippen LogP contribution in [-0.4, -0.2) is 47.5 Å². The molecule has 4 aromatic rings. The van der Waals surface area contributed by atoms with Gasteiger partial charge < -0.3 is 4.90 Å². The van der Waals surface area contributed by atoms with E-state index in [4.69, 9.17) is 0 Å². The molecule has 1 amide bonds. The summed E-state index contributed by atoms with van der Waals surface area (Å²) in [7, 11) is 0. The minimum absolute atomic E-state index is 0.102. The van der Waals surface area contributed by atoms with Crippen molar-refractivity contribution >= 4 is 22.6 Å². The van der Waals surface area contributed by atoms with E-state index in [0.717, 1.165) is 36.6 Å². The Morgan fingerprint density at radius 3 is 2.75 bits per heavy atom. The van der Waals surface area contributed by atoms with Gasteiger partial charge in [0.2, 0.25) is 0 Å². The van der Waals surface area contributed by atoms with Crippen LogP contribution in [0.15, 0.2) is 48.8 Å². The molecule has 6 rings (SSSR count). The number of aromatic nitrogens is 5. The van der Waals surface area contributed by atoms with Gasteiger partial charge in [0.05, 0.1) is 11.2 Å². The number of carbonyl (C=O) groups is 1. The van der Waals surface area contributed by atoms with Crippen molar-refractivity contribution in [3.8, 4) is 0 Å². The Morgan fingerprint density at radius 1 is 1.03 bits per heavy atom. The van der Waals surface area contributed by atoms with E-state index in [1.807, 2.05) is 35.2 Å². The molecule has 0 radical (unpaired) electrons. The molecule has 32 heavy (non-hydrogen) atoms. The fourth-order valence-corrected chi connectivity index (χ4v) is 5.36. The van der Waals surface area contributed by atoms with E-state index < -0.39 is 6.43 Å². The Balaban J connectivity index is 1.39. The highest BCUT2D eigenvalue weighted by Crippen LogP contribution is 2.45. The fraction of sp³-hybridized carbons (Fsp3) is 0.348. The van der Waals surface area contributed by atoms with E-state index >= 15 is 0 Å². The number of pyridine rings is 1. The molecule has 2 saturated heterocycles. The van der Waals surface area contributed by atoms with E-state index in [9.17, 15) is 13.6 Å². The minimum atomic E-state index is -2.70. The first-order valence-electron chi connectivity index (χ1n) is 10.8. The van der Waals surface area contributed by atoms with Gasteiger partial charge in [-0.25, -0.2) is 23.3 Å². The summed E-state index contributed by atoms with van der Waals surface area (Å²) >= 11 is 0. The number of benzene rings is 1. The van der Waals surface area contributed by atoms with Crippen molar-refractivity contribution in [1.82, 2.24) is 29.5 Å². The van der Waals surface area contributed by atoms with Crippen molar-refractivity contribution in [2.45, 2.75) is 50.1 Å². The molecule has 1 aromatic carbocycles. The molecular formula is C23H20F2N6O. The molecule has 9 heteroatoms. The molecule has 162 valence electrons. The van der Waals surface area contributed by atoms with Gasteiger partial charge in [0, 0.05) is 23.4 Å². The van der Waals surface area contributed by atoms with Gasteiger partial charge in [-0.1, -0.05) is 24.3 Å². The third kappa shape index (κ3) is 2.95. The van der Waals surface area contributed by atoms with Crippen LogP contribution in [0.25, 0.3) is 16.7 Å². The SMILES string of the molecule is O=C(c1ccc2ccccc2n1)N1[C@H]2CC[C@H](c3cc(C(F)F)nc4ncnn34)[C@@H]1CC2. The summed E-state index contributed by atoms with van der Waals surface area (Å²) in [6.07, 6.45) is 1.94. The summed E-state index contributed by atoms with van der Waals surface area (Å²) in [5.74, 6) is -0.0687. The summed E-state index contributed by atoms with van der Waals surface area (Å²) in [5.41, 5.74) is 1.52. The number of alkyl halides is 2. The molecule has 0 spiro atoms. The van der Waals surface area contributed by atoms with Crippen molar-refractivity contribution in [1.29, 1.82) is 0 Å². The van der Waals surface area contributed by atoms with Crippen LogP contribution in [-0.2, 0) is 0 Å². The quantitative estimate of drug-likeness (QED) is 0.484. The fourth-order valence-electron chi connectivity index (χ4n) is 5.36. The number of hydrogen-bond donors (Lipinski definition) is 0. The highest BCUT2D eigenvalue weighted by Gasteiger charge is 2.46.